The molecular formula is C15H21F2NO. The van der Waals surface area contributed by atoms with Crippen LogP contribution in [-0.2, 0) is 0 Å². The Morgan fingerprint density at radius 1 is 1.11 bits per heavy atom. The first-order valence-electron chi connectivity index (χ1n) is 7.07. The van der Waals surface area contributed by atoms with Gasteiger partial charge in [-0.3, -0.25) is 0 Å². The van der Waals surface area contributed by atoms with Crippen LogP contribution in [0.25, 0.3) is 0 Å². The number of ether oxygens (including phenoxy) is 1. The molecule has 4 heteroatoms. The van der Waals surface area contributed by atoms with Crippen LogP contribution in [0.15, 0.2) is 18.2 Å². The molecule has 2 nitrogen and oxygen atoms in total. The first-order chi connectivity index (χ1) is 9.25. The molecule has 1 fully saturated rings. The van der Waals surface area contributed by atoms with Gasteiger partial charge in [0.15, 0.2) is 11.6 Å². The highest BCUT2D eigenvalue weighted by Gasteiger charge is 2.11. The molecule has 0 amide bonds. The average molecular weight is 269 g/mol. The molecular weight excluding hydrogens is 248 g/mol. The number of benzene rings is 1. The predicted octanol–water partition coefficient (Wildman–Crippen LogP) is 3.66. The van der Waals surface area contributed by atoms with E-state index in [1.54, 1.807) is 0 Å². The third-order valence-corrected chi connectivity index (χ3v) is 3.52. The van der Waals surface area contributed by atoms with E-state index in [-0.39, 0.29) is 0 Å². The standard InChI is InChI=1S/C15H21F2NO/c16-14-8-7-13(11-15(14)17)19-10-4-9-18-12-5-2-1-3-6-12/h7-8,11-12,18H,1-6,9-10H2. The maximum absolute atomic E-state index is 12.9. The van der Waals surface area contributed by atoms with Crippen molar-refractivity contribution in [3.05, 3.63) is 29.8 Å². The molecule has 0 bridgehead atoms. The number of hydrogen-bond acceptors (Lipinski definition) is 2. The molecule has 0 spiro atoms. The van der Waals surface area contributed by atoms with Crippen LogP contribution in [0.2, 0.25) is 0 Å². The van der Waals surface area contributed by atoms with Crippen LogP contribution >= 0.6 is 0 Å². The van der Waals surface area contributed by atoms with E-state index < -0.39 is 11.6 Å². The molecule has 0 aliphatic heterocycles. The van der Waals surface area contributed by atoms with E-state index in [0.29, 0.717) is 18.4 Å². The van der Waals surface area contributed by atoms with Crippen LogP contribution in [0, 0.1) is 11.6 Å². The van der Waals surface area contributed by atoms with Crippen molar-refractivity contribution in [1.29, 1.82) is 0 Å². The smallest absolute Gasteiger partial charge is 0.162 e. The Morgan fingerprint density at radius 2 is 1.89 bits per heavy atom. The largest absolute Gasteiger partial charge is 0.493 e. The summed E-state index contributed by atoms with van der Waals surface area (Å²) in [5.41, 5.74) is 0. The predicted molar refractivity (Wildman–Crippen MR) is 71.3 cm³/mol. The van der Waals surface area contributed by atoms with Gasteiger partial charge in [-0.2, -0.15) is 0 Å². The summed E-state index contributed by atoms with van der Waals surface area (Å²) in [7, 11) is 0. The topological polar surface area (TPSA) is 21.3 Å². The van der Waals surface area contributed by atoms with Crippen molar-refractivity contribution in [2.75, 3.05) is 13.2 Å². The lowest BCUT2D eigenvalue weighted by Gasteiger charge is -2.22. The van der Waals surface area contributed by atoms with Crippen molar-refractivity contribution < 1.29 is 13.5 Å². The van der Waals surface area contributed by atoms with Crippen LogP contribution < -0.4 is 10.1 Å². The van der Waals surface area contributed by atoms with Gasteiger partial charge in [0, 0.05) is 12.1 Å². The van der Waals surface area contributed by atoms with Crippen molar-refractivity contribution >= 4 is 0 Å². The van der Waals surface area contributed by atoms with Crippen molar-refractivity contribution in [3.8, 4) is 5.75 Å². The van der Waals surface area contributed by atoms with Crippen LogP contribution in [0.1, 0.15) is 38.5 Å². The number of halogens is 2. The average Bonchev–Trinajstić information content (AvgIpc) is 2.43. The highest BCUT2D eigenvalue weighted by molar-refractivity contribution is 5.23. The lowest BCUT2D eigenvalue weighted by molar-refractivity contribution is 0.295. The molecule has 19 heavy (non-hydrogen) atoms. The zero-order chi connectivity index (χ0) is 13.5. The van der Waals surface area contributed by atoms with Crippen LogP contribution in [-0.4, -0.2) is 19.2 Å². The summed E-state index contributed by atoms with van der Waals surface area (Å²) in [5.74, 6) is -1.32. The maximum atomic E-state index is 12.9. The van der Waals surface area contributed by atoms with Gasteiger partial charge < -0.3 is 10.1 Å². The summed E-state index contributed by atoms with van der Waals surface area (Å²) in [6, 6.07) is 4.28. The molecule has 0 radical (unpaired) electrons. The van der Waals surface area contributed by atoms with Crippen molar-refractivity contribution in [1.82, 2.24) is 5.32 Å². The molecule has 0 aromatic heterocycles. The molecule has 0 heterocycles. The fourth-order valence-corrected chi connectivity index (χ4v) is 2.44. The van der Waals surface area contributed by atoms with Gasteiger partial charge in [-0.05, 0) is 37.9 Å². The lowest BCUT2D eigenvalue weighted by atomic mass is 9.95. The highest BCUT2D eigenvalue weighted by atomic mass is 19.2. The van der Waals surface area contributed by atoms with Crippen LogP contribution in [0.5, 0.6) is 5.75 Å². The van der Waals surface area contributed by atoms with Crippen molar-refractivity contribution in [2.45, 2.75) is 44.6 Å². The van der Waals surface area contributed by atoms with E-state index >= 15 is 0 Å². The minimum absolute atomic E-state index is 0.386. The minimum atomic E-state index is -0.863. The van der Waals surface area contributed by atoms with E-state index in [0.717, 1.165) is 25.1 Å². The van der Waals surface area contributed by atoms with E-state index in [2.05, 4.69) is 5.32 Å². The van der Waals surface area contributed by atoms with Gasteiger partial charge in [0.05, 0.1) is 6.61 Å². The molecule has 1 aliphatic carbocycles. The molecule has 1 aromatic rings. The Balaban J connectivity index is 1.59. The quantitative estimate of drug-likeness (QED) is 0.796. The SMILES string of the molecule is Fc1ccc(OCCCNC2CCCCC2)cc1F. The third kappa shape index (κ3) is 4.78. The Kier molecular flexibility index (Phi) is 5.58. The molecule has 0 atom stereocenters. The van der Waals surface area contributed by atoms with E-state index in [4.69, 9.17) is 4.74 Å². The summed E-state index contributed by atoms with van der Waals surface area (Å²) in [4.78, 5) is 0. The monoisotopic (exact) mass is 269 g/mol. The Labute approximate surface area is 113 Å². The molecule has 1 aliphatic rings. The summed E-state index contributed by atoms with van der Waals surface area (Å²) in [6.45, 7) is 1.43. The fraction of sp³-hybridized carbons (Fsp3) is 0.600. The summed E-state index contributed by atoms with van der Waals surface area (Å²) in [6.07, 6.45) is 7.41. The second-order valence-electron chi connectivity index (χ2n) is 5.07. The summed E-state index contributed by atoms with van der Waals surface area (Å²) in [5, 5.41) is 3.51. The normalized spacial score (nSPS) is 16.5. The molecule has 2 rings (SSSR count). The zero-order valence-corrected chi connectivity index (χ0v) is 11.1. The molecule has 1 saturated carbocycles. The van der Waals surface area contributed by atoms with Gasteiger partial charge in [-0.1, -0.05) is 19.3 Å². The number of rotatable bonds is 6. The first kappa shape index (κ1) is 14.3. The minimum Gasteiger partial charge on any atom is -0.493 e. The molecule has 106 valence electrons. The maximum Gasteiger partial charge on any atom is 0.162 e. The molecule has 0 unspecified atom stereocenters. The van der Waals surface area contributed by atoms with Gasteiger partial charge in [-0.15, -0.1) is 0 Å². The van der Waals surface area contributed by atoms with Crippen molar-refractivity contribution in [3.63, 3.8) is 0 Å². The van der Waals surface area contributed by atoms with E-state index in [9.17, 15) is 8.78 Å². The molecule has 1 N–H and O–H groups in total. The lowest BCUT2D eigenvalue weighted by Crippen LogP contribution is -2.32. The summed E-state index contributed by atoms with van der Waals surface area (Å²) >= 11 is 0. The third-order valence-electron chi connectivity index (χ3n) is 3.52. The Bertz CT molecular complexity index is 392. The van der Waals surface area contributed by atoms with E-state index in [1.807, 2.05) is 0 Å². The zero-order valence-electron chi connectivity index (χ0n) is 11.1. The Hall–Kier alpha value is -1.16. The van der Waals surface area contributed by atoms with Crippen LogP contribution in [0.4, 0.5) is 8.78 Å². The number of hydrogen-bond donors (Lipinski definition) is 1. The number of nitrogens with one attached hydrogen (secondary N) is 1. The van der Waals surface area contributed by atoms with Crippen molar-refractivity contribution in [2.24, 2.45) is 0 Å². The van der Waals surface area contributed by atoms with E-state index in [1.165, 1.54) is 38.2 Å². The van der Waals surface area contributed by atoms with Gasteiger partial charge in [0.1, 0.15) is 5.75 Å². The fourth-order valence-electron chi connectivity index (χ4n) is 2.44. The second-order valence-corrected chi connectivity index (χ2v) is 5.07. The van der Waals surface area contributed by atoms with Gasteiger partial charge in [0.25, 0.3) is 0 Å². The highest BCUT2D eigenvalue weighted by Crippen LogP contribution is 2.17. The van der Waals surface area contributed by atoms with Gasteiger partial charge in [-0.25, -0.2) is 8.78 Å². The van der Waals surface area contributed by atoms with Crippen LogP contribution in [0.3, 0.4) is 0 Å². The van der Waals surface area contributed by atoms with Gasteiger partial charge >= 0.3 is 0 Å². The van der Waals surface area contributed by atoms with Gasteiger partial charge in [0.2, 0.25) is 0 Å². The molecule has 0 saturated heterocycles. The molecule has 1 aromatic carbocycles. The first-order valence-corrected chi connectivity index (χ1v) is 7.07. The second kappa shape index (κ2) is 7.43. The summed E-state index contributed by atoms with van der Waals surface area (Å²) < 4.78 is 31.0. The Morgan fingerprint density at radius 3 is 2.63 bits per heavy atom.